The highest BCUT2D eigenvalue weighted by atomic mass is 32.2. The van der Waals surface area contributed by atoms with Gasteiger partial charge in [-0.1, -0.05) is 30.3 Å². The van der Waals surface area contributed by atoms with Crippen molar-refractivity contribution in [3.8, 4) is 11.1 Å². The molecule has 5 nitrogen and oxygen atoms in total. The SMILES string of the molecule is Cc1cc(-c2cc(CS(C)(=O)=O)c3c(c2)N(Cc2ccccc2)CC3)cn(C)c1=O. The summed E-state index contributed by atoms with van der Waals surface area (Å²) >= 11 is 0. The highest BCUT2D eigenvalue weighted by Gasteiger charge is 2.25. The number of aromatic nitrogens is 1. The van der Waals surface area contributed by atoms with E-state index < -0.39 is 9.84 Å². The quantitative estimate of drug-likeness (QED) is 0.632. The number of hydrogen-bond donors (Lipinski definition) is 0. The van der Waals surface area contributed by atoms with Gasteiger partial charge in [-0.3, -0.25) is 4.79 Å². The number of sulfone groups is 1. The van der Waals surface area contributed by atoms with Crippen molar-refractivity contribution >= 4 is 15.5 Å². The molecule has 4 rings (SSSR count). The van der Waals surface area contributed by atoms with Gasteiger partial charge in [-0.2, -0.15) is 0 Å². The maximum Gasteiger partial charge on any atom is 0.253 e. The zero-order valence-electron chi connectivity index (χ0n) is 17.6. The molecule has 3 aromatic rings. The van der Waals surface area contributed by atoms with E-state index in [9.17, 15) is 13.2 Å². The van der Waals surface area contributed by atoms with E-state index in [1.54, 1.807) is 18.5 Å². The van der Waals surface area contributed by atoms with Crippen molar-refractivity contribution in [3.63, 3.8) is 0 Å². The second kappa shape index (κ2) is 7.76. The predicted octanol–water partition coefficient (Wildman–Crippen LogP) is 3.47. The van der Waals surface area contributed by atoms with Gasteiger partial charge in [0, 0.05) is 43.8 Å². The molecule has 0 aliphatic carbocycles. The zero-order valence-corrected chi connectivity index (χ0v) is 18.4. The molecule has 30 heavy (non-hydrogen) atoms. The molecule has 1 aliphatic heterocycles. The van der Waals surface area contributed by atoms with Crippen LogP contribution in [0.25, 0.3) is 11.1 Å². The molecule has 0 fully saturated rings. The number of anilines is 1. The van der Waals surface area contributed by atoms with Crippen LogP contribution in [0.5, 0.6) is 0 Å². The molecule has 0 spiro atoms. The lowest BCUT2D eigenvalue weighted by Crippen LogP contribution is -2.20. The fourth-order valence-corrected chi connectivity index (χ4v) is 5.06. The molecule has 0 unspecified atom stereocenters. The van der Waals surface area contributed by atoms with Crippen molar-refractivity contribution in [3.05, 3.63) is 87.3 Å². The Hall–Kier alpha value is -2.86. The van der Waals surface area contributed by atoms with Crippen LogP contribution in [-0.2, 0) is 35.6 Å². The molecule has 0 atom stereocenters. The largest absolute Gasteiger partial charge is 0.367 e. The van der Waals surface area contributed by atoms with Gasteiger partial charge in [0.15, 0.2) is 9.84 Å². The van der Waals surface area contributed by atoms with Crippen LogP contribution in [0.3, 0.4) is 0 Å². The molecule has 156 valence electrons. The summed E-state index contributed by atoms with van der Waals surface area (Å²) in [6.45, 7) is 3.44. The van der Waals surface area contributed by atoms with E-state index in [2.05, 4.69) is 23.1 Å². The average molecular weight is 423 g/mol. The molecular formula is C24H26N2O3S. The maximum atomic E-state index is 12.1. The van der Waals surface area contributed by atoms with Crippen LogP contribution in [-0.4, -0.2) is 25.8 Å². The van der Waals surface area contributed by atoms with Crippen LogP contribution in [0, 0.1) is 6.92 Å². The topological polar surface area (TPSA) is 59.4 Å². The van der Waals surface area contributed by atoms with Crippen LogP contribution in [0.1, 0.15) is 22.3 Å². The average Bonchev–Trinajstić information content (AvgIpc) is 3.08. The molecule has 2 heterocycles. The van der Waals surface area contributed by atoms with Crippen molar-refractivity contribution in [2.45, 2.75) is 25.6 Å². The Kier molecular flexibility index (Phi) is 5.28. The molecule has 0 bridgehead atoms. The Labute approximate surface area is 177 Å². The van der Waals surface area contributed by atoms with Gasteiger partial charge >= 0.3 is 0 Å². The number of pyridine rings is 1. The Morgan fingerprint density at radius 3 is 2.43 bits per heavy atom. The number of aryl methyl sites for hydroxylation is 2. The van der Waals surface area contributed by atoms with E-state index in [0.717, 1.165) is 47.5 Å². The summed E-state index contributed by atoms with van der Waals surface area (Å²) in [4.78, 5) is 14.4. The Morgan fingerprint density at radius 2 is 1.77 bits per heavy atom. The lowest BCUT2D eigenvalue weighted by atomic mass is 9.98. The van der Waals surface area contributed by atoms with Crippen molar-refractivity contribution < 1.29 is 8.42 Å². The van der Waals surface area contributed by atoms with Crippen LogP contribution in [0.15, 0.2) is 59.5 Å². The number of nitrogens with zero attached hydrogens (tertiary/aromatic N) is 2. The third-order valence-electron chi connectivity index (χ3n) is 5.62. The van der Waals surface area contributed by atoms with Gasteiger partial charge in [0.1, 0.15) is 0 Å². The number of fused-ring (bicyclic) bond motifs is 1. The molecule has 2 aromatic carbocycles. The molecule has 0 amide bonds. The van der Waals surface area contributed by atoms with E-state index in [0.29, 0.717) is 5.56 Å². The van der Waals surface area contributed by atoms with Gasteiger partial charge in [-0.25, -0.2) is 8.42 Å². The van der Waals surface area contributed by atoms with Crippen LogP contribution in [0.2, 0.25) is 0 Å². The van der Waals surface area contributed by atoms with E-state index in [-0.39, 0.29) is 11.3 Å². The van der Waals surface area contributed by atoms with Crippen molar-refractivity contribution in [2.24, 2.45) is 7.05 Å². The fourth-order valence-electron chi connectivity index (χ4n) is 4.23. The highest BCUT2D eigenvalue weighted by molar-refractivity contribution is 7.89. The summed E-state index contributed by atoms with van der Waals surface area (Å²) in [6.07, 6.45) is 3.93. The molecule has 6 heteroatoms. The maximum absolute atomic E-state index is 12.1. The standard InChI is InChI=1S/C24H26N2O3S/c1-17-11-20(15-25(2)24(17)27)19-12-21(16-30(3,28)29)22-9-10-26(23(22)13-19)14-18-7-5-4-6-8-18/h4-8,11-13,15H,9-10,14,16H2,1-3H3. The Bertz CT molecular complexity index is 1240. The normalized spacial score (nSPS) is 13.5. The first kappa shape index (κ1) is 20.4. The first-order chi connectivity index (χ1) is 14.2. The third-order valence-corrected chi connectivity index (χ3v) is 6.46. The minimum atomic E-state index is -3.17. The van der Waals surface area contributed by atoms with Gasteiger partial charge in [0.2, 0.25) is 0 Å². The van der Waals surface area contributed by atoms with E-state index >= 15 is 0 Å². The lowest BCUT2D eigenvalue weighted by molar-refractivity contribution is 0.601. The predicted molar refractivity (Wildman–Crippen MR) is 122 cm³/mol. The van der Waals surface area contributed by atoms with E-state index in [1.807, 2.05) is 36.5 Å². The van der Waals surface area contributed by atoms with Crippen LogP contribution in [0.4, 0.5) is 5.69 Å². The molecule has 1 aliphatic rings. The molecule has 0 saturated carbocycles. The summed E-state index contributed by atoms with van der Waals surface area (Å²) < 4.78 is 25.8. The first-order valence-corrected chi connectivity index (χ1v) is 12.1. The number of hydrogen-bond acceptors (Lipinski definition) is 4. The van der Waals surface area contributed by atoms with Gasteiger partial charge in [-0.15, -0.1) is 0 Å². The van der Waals surface area contributed by atoms with Crippen molar-refractivity contribution in [1.82, 2.24) is 4.57 Å². The second-order valence-electron chi connectivity index (χ2n) is 8.19. The van der Waals surface area contributed by atoms with E-state index in [4.69, 9.17) is 0 Å². The minimum Gasteiger partial charge on any atom is -0.367 e. The van der Waals surface area contributed by atoms with Gasteiger partial charge < -0.3 is 9.47 Å². The second-order valence-corrected chi connectivity index (χ2v) is 10.3. The summed E-state index contributed by atoms with van der Waals surface area (Å²) in [7, 11) is -1.43. The molecule has 0 N–H and O–H groups in total. The molecule has 1 aromatic heterocycles. The van der Waals surface area contributed by atoms with Gasteiger partial charge in [0.05, 0.1) is 5.75 Å². The molecular weight excluding hydrogens is 396 g/mol. The molecule has 0 saturated heterocycles. The van der Waals surface area contributed by atoms with Crippen LogP contribution < -0.4 is 10.5 Å². The van der Waals surface area contributed by atoms with Crippen LogP contribution >= 0.6 is 0 Å². The summed E-state index contributed by atoms with van der Waals surface area (Å²) in [6, 6.07) is 16.3. The van der Waals surface area contributed by atoms with E-state index in [1.165, 1.54) is 11.8 Å². The smallest absolute Gasteiger partial charge is 0.253 e. The monoisotopic (exact) mass is 422 g/mol. The Morgan fingerprint density at radius 1 is 1.03 bits per heavy atom. The highest BCUT2D eigenvalue weighted by Crippen LogP contribution is 2.37. The lowest BCUT2D eigenvalue weighted by Gasteiger charge is -2.21. The zero-order chi connectivity index (χ0) is 21.5. The summed E-state index contributed by atoms with van der Waals surface area (Å²) in [5.74, 6) is 0.0209. The summed E-state index contributed by atoms with van der Waals surface area (Å²) in [5.41, 5.74) is 6.77. The van der Waals surface area contributed by atoms with Gasteiger partial charge in [0.25, 0.3) is 5.56 Å². The minimum absolute atomic E-state index is 0.0209. The molecule has 0 radical (unpaired) electrons. The van der Waals surface area contributed by atoms with Gasteiger partial charge in [-0.05, 0) is 59.4 Å². The fraction of sp³-hybridized carbons (Fsp3) is 0.292. The first-order valence-electron chi connectivity index (χ1n) is 10.0. The number of benzene rings is 2. The van der Waals surface area contributed by atoms with Crippen molar-refractivity contribution in [2.75, 3.05) is 17.7 Å². The Balaban J connectivity index is 1.84. The third kappa shape index (κ3) is 4.19. The van der Waals surface area contributed by atoms with Crippen molar-refractivity contribution in [1.29, 1.82) is 0 Å². The summed E-state index contributed by atoms with van der Waals surface area (Å²) in [5, 5.41) is 0. The number of rotatable bonds is 5.